The van der Waals surface area contributed by atoms with Crippen molar-refractivity contribution in [2.24, 2.45) is 5.92 Å². The minimum absolute atomic E-state index is 0.0985. The van der Waals surface area contributed by atoms with Crippen LogP contribution in [0.2, 0.25) is 0 Å². The van der Waals surface area contributed by atoms with Gasteiger partial charge in [-0.15, -0.1) is 0 Å². The highest BCUT2D eigenvalue weighted by Gasteiger charge is 2.29. The minimum atomic E-state index is -0.0989. The zero-order valence-electron chi connectivity index (χ0n) is 17.4. The van der Waals surface area contributed by atoms with Crippen molar-refractivity contribution in [3.05, 3.63) is 65.7 Å². The Balaban J connectivity index is 1.55. The Morgan fingerprint density at radius 2 is 1.93 bits per heavy atom. The van der Waals surface area contributed by atoms with Gasteiger partial charge in [-0.25, -0.2) is 0 Å². The normalized spacial score (nSPS) is 17.1. The van der Waals surface area contributed by atoms with Crippen LogP contribution in [-0.4, -0.2) is 43.1 Å². The molecule has 5 nitrogen and oxygen atoms in total. The van der Waals surface area contributed by atoms with Crippen LogP contribution in [-0.2, 0) is 6.54 Å². The van der Waals surface area contributed by atoms with Crippen molar-refractivity contribution < 1.29 is 19.4 Å². The summed E-state index contributed by atoms with van der Waals surface area (Å²) in [7, 11) is 3.17. The quantitative estimate of drug-likeness (QED) is 0.605. The van der Waals surface area contributed by atoms with Crippen molar-refractivity contribution in [3.63, 3.8) is 0 Å². The summed E-state index contributed by atoms with van der Waals surface area (Å²) in [4.78, 5) is 15.5. The fourth-order valence-corrected chi connectivity index (χ4v) is 4.35. The Kier molecular flexibility index (Phi) is 5.91. The van der Waals surface area contributed by atoms with Crippen LogP contribution >= 0.6 is 0 Å². The molecule has 1 atom stereocenters. The Hall–Kier alpha value is -3.05. The molecule has 0 radical (unpaired) electrons. The summed E-state index contributed by atoms with van der Waals surface area (Å²) < 4.78 is 10.7. The van der Waals surface area contributed by atoms with E-state index in [1.807, 2.05) is 24.3 Å². The number of ether oxygens (including phenoxy) is 2. The van der Waals surface area contributed by atoms with Crippen molar-refractivity contribution in [2.45, 2.75) is 19.4 Å². The first-order chi connectivity index (χ1) is 14.6. The van der Waals surface area contributed by atoms with Crippen molar-refractivity contribution >= 4 is 16.6 Å². The first kappa shape index (κ1) is 20.2. The van der Waals surface area contributed by atoms with Crippen molar-refractivity contribution in [1.82, 2.24) is 4.90 Å². The molecule has 0 unspecified atom stereocenters. The smallest absolute Gasteiger partial charge is 0.170 e. The molecule has 0 amide bonds. The summed E-state index contributed by atoms with van der Waals surface area (Å²) in [5.74, 6) is 1.52. The molecule has 0 bridgehead atoms. The van der Waals surface area contributed by atoms with Crippen molar-refractivity contribution in [3.8, 4) is 17.2 Å². The van der Waals surface area contributed by atoms with E-state index in [1.165, 1.54) is 0 Å². The number of methoxy groups -OCH3 is 2. The fraction of sp³-hybridized carbons (Fsp3) is 0.320. The molecular formula is C25H27NO4. The Morgan fingerprint density at radius 1 is 1.10 bits per heavy atom. The molecule has 1 N–H and O–H groups in total. The minimum Gasteiger partial charge on any atom is -0.508 e. The topological polar surface area (TPSA) is 59.0 Å². The number of nitrogens with zero attached hydrogens (tertiary/aromatic N) is 1. The lowest BCUT2D eigenvalue weighted by molar-refractivity contribution is 0.0808. The van der Waals surface area contributed by atoms with Crippen LogP contribution in [0.15, 0.2) is 54.6 Å². The van der Waals surface area contributed by atoms with Gasteiger partial charge in [-0.3, -0.25) is 9.69 Å². The van der Waals surface area contributed by atoms with E-state index in [9.17, 15) is 9.90 Å². The summed E-state index contributed by atoms with van der Waals surface area (Å²) in [6.45, 7) is 2.19. The predicted octanol–water partition coefficient (Wildman–Crippen LogP) is 4.66. The number of ketones is 1. The number of piperidine rings is 1. The zero-order chi connectivity index (χ0) is 21.1. The number of likely N-dealkylation sites (tertiary alicyclic amines) is 1. The average molecular weight is 405 g/mol. The van der Waals surface area contributed by atoms with Gasteiger partial charge >= 0.3 is 0 Å². The molecule has 0 saturated carbocycles. The second-order valence-electron chi connectivity index (χ2n) is 7.79. The molecule has 1 saturated heterocycles. The van der Waals surface area contributed by atoms with Gasteiger partial charge in [0.1, 0.15) is 17.2 Å². The monoisotopic (exact) mass is 405 g/mol. The lowest BCUT2D eigenvalue weighted by Gasteiger charge is -2.32. The van der Waals surface area contributed by atoms with E-state index < -0.39 is 0 Å². The van der Waals surface area contributed by atoms with E-state index in [-0.39, 0.29) is 11.7 Å². The number of hydrogen-bond acceptors (Lipinski definition) is 5. The highest BCUT2D eigenvalue weighted by molar-refractivity contribution is 6.00. The average Bonchev–Trinajstić information content (AvgIpc) is 2.80. The number of carbonyl (C=O) groups excluding carboxylic acids is 1. The number of benzene rings is 3. The summed E-state index contributed by atoms with van der Waals surface area (Å²) in [5.41, 5.74) is 1.52. The van der Waals surface area contributed by atoms with Crippen LogP contribution in [0.5, 0.6) is 17.2 Å². The number of rotatable bonds is 6. The Bertz CT molecular complexity index is 1060. The molecule has 4 rings (SSSR count). The maximum absolute atomic E-state index is 13.3. The van der Waals surface area contributed by atoms with E-state index in [4.69, 9.17) is 9.47 Å². The molecular weight excluding hydrogens is 378 g/mol. The van der Waals surface area contributed by atoms with Gasteiger partial charge in [0.05, 0.1) is 19.8 Å². The lowest BCUT2D eigenvalue weighted by atomic mass is 9.89. The van der Waals surface area contributed by atoms with Crippen LogP contribution in [0.4, 0.5) is 0 Å². The van der Waals surface area contributed by atoms with E-state index >= 15 is 0 Å². The molecule has 156 valence electrons. The standard InChI is InChI=1S/C25H27NO4/c1-29-19-10-11-21(24(14-19)30-2)25(28)18-7-5-13-26(15-18)16-22-20-8-4-3-6-17(20)9-12-23(22)27/h3-4,6,8-12,14,18,27H,5,7,13,15-16H2,1-2H3/t18-/m1/s1. The molecule has 3 aromatic carbocycles. The third-order valence-corrected chi connectivity index (χ3v) is 5.95. The SMILES string of the molecule is COc1ccc(C(=O)[C@@H]2CCCN(Cc3c(O)ccc4ccccc34)C2)c(OC)c1. The molecule has 30 heavy (non-hydrogen) atoms. The van der Waals surface area contributed by atoms with Crippen LogP contribution in [0.25, 0.3) is 10.8 Å². The molecule has 3 aromatic rings. The number of phenols is 1. The van der Waals surface area contributed by atoms with Crippen LogP contribution in [0.1, 0.15) is 28.8 Å². The molecule has 0 aromatic heterocycles. The van der Waals surface area contributed by atoms with Gasteiger partial charge in [-0.05, 0) is 48.4 Å². The first-order valence-corrected chi connectivity index (χ1v) is 10.3. The first-order valence-electron chi connectivity index (χ1n) is 10.3. The van der Waals surface area contributed by atoms with E-state index in [2.05, 4.69) is 11.0 Å². The van der Waals surface area contributed by atoms with Gasteiger partial charge in [-0.2, -0.15) is 0 Å². The van der Waals surface area contributed by atoms with E-state index in [1.54, 1.807) is 38.5 Å². The Morgan fingerprint density at radius 3 is 2.73 bits per heavy atom. The number of aromatic hydroxyl groups is 1. The number of fused-ring (bicyclic) bond motifs is 1. The van der Waals surface area contributed by atoms with Gasteiger partial charge < -0.3 is 14.6 Å². The highest BCUT2D eigenvalue weighted by Crippen LogP contribution is 2.32. The number of phenolic OH excluding ortho intramolecular Hbond substituents is 1. The third kappa shape index (κ3) is 3.98. The summed E-state index contributed by atoms with van der Waals surface area (Å²) in [5, 5.41) is 12.7. The van der Waals surface area contributed by atoms with Gasteiger partial charge in [-0.1, -0.05) is 30.3 Å². The summed E-state index contributed by atoms with van der Waals surface area (Å²) >= 11 is 0. The van der Waals surface area contributed by atoms with Crippen LogP contribution in [0.3, 0.4) is 0 Å². The zero-order valence-corrected chi connectivity index (χ0v) is 17.4. The molecule has 1 heterocycles. The molecule has 0 spiro atoms. The van der Waals surface area contributed by atoms with Gasteiger partial charge in [0.25, 0.3) is 0 Å². The molecule has 0 aliphatic carbocycles. The second kappa shape index (κ2) is 8.76. The van der Waals surface area contributed by atoms with Gasteiger partial charge in [0, 0.05) is 30.6 Å². The number of Topliss-reactive ketones (excluding diaryl/α,β-unsaturated/α-hetero) is 1. The van der Waals surface area contributed by atoms with Crippen LogP contribution in [0, 0.1) is 5.92 Å². The Labute approximate surface area is 176 Å². The third-order valence-electron chi connectivity index (χ3n) is 5.95. The maximum atomic E-state index is 13.3. The lowest BCUT2D eigenvalue weighted by Crippen LogP contribution is -2.38. The van der Waals surface area contributed by atoms with Crippen LogP contribution < -0.4 is 9.47 Å². The molecule has 5 heteroatoms. The van der Waals surface area contributed by atoms with E-state index in [0.29, 0.717) is 35.9 Å². The summed E-state index contributed by atoms with van der Waals surface area (Å²) in [6, 6.07) is 17.1. The largest absolute Gasteiger partial charge is 0.508 e. The van der Waals surface area contributed by atoms with Crippen molar-refractivity contribution in [1.29, 1.82) is 0 Å². The summed E-state index contributed by atoms with van der Waals surface area (Å²) in [6.07, 6.45) is 1.80. The van der Waals surface area contributed by atoms with E-state index in [0.717, 1.165) is 35.7 Å². The predicted molar refractivity (Wildman–Crippen MR) is 117 cm³/mol. The van der Waals surface area contributed by atoms with Gasteiger partial charge in [0.15, 0.2) is 5.78 Å². The number of hydrogen-bond donors (Lipinski definition) is 1. The maximum Gasteiger partial charge on any atom is 0.170 e. The number of carbonyl (C=O) groups is 1. The highest BCUT2D eigenvalue weighted by atomic mass is 16.5. The molecule has 1 fully saturated rings. The van der Waals surface area contributed by atoms with Gasteiger partial charge in [0.2, 0.25) is 0 Å². The second-order valence-corrected chi connectivity index (χ2v) is 7.79. The molecule has 1 aliphatic rings. The fourth-order valence-electron chi connectivity index (χ4n) is 4.35. The van der Waals surface area contributed by atoms with Crippen molar-refractivity contribution in [2.75, 3.05) is 27.3 Å². The molecule has 1 aliphatic heterocycles.